The highest BCUT2D eigenvalue weighted by molar-refractivity contribution is 8.01. The Kier molecular flexibility index (Phi) is 4.06. The summed E-state index contributed by atoms with van der Waals surface area (Å²) in [6.45, 7) is 2.72. The molecule has 0 aliphatic carbocycles. The first-order valence-electron chi connectivity index (χ1n) is 5.49. The zero-order chi connectivity index (χ0) is 13.8. The number of carbonyl (C=O) groups is 2. The molecule has 2 rings (SSSR count). The van der Waals surface area contributed by atoms with Crippen molar-refractivity contribution in [2.45, 2.75) is 24.3 Å². The van der Waals surface area contributed by atoms with Crippen molar-refractivity contribution in [1.82, 2.24) is 15.2 Å². The van der Waals surface area contributed by atoms with E-state index in [-0.39, 0.29) is 16.8 Å². The van der Waals surface area contributed by atoms with Crippen LogP contribution in [0.5, 0.6) is 0 Å². The second kappa shape index (κ2) is 5.75. The molecule has 0 aliphatic rings. The normalized spacial score (nSPS) is 10.7. The first-order chi connectivity index (χ1) is 9.08. The van der Waals surface area contributed by atoms with E-state index in [4.69, 9.17) is 4.42 Å². The van der Waals surface area contributed by atoms with E-state index in [2.05, 4.69) is 15.2 Å². The van der Waals surface area contributed by atoms with Crippen molar-refractivity contribution in [3.8, 4) is 11.5 Å². The monoisotopic (exact) mass is 277 g/mol. The van der Waals surface area contributed by atoms with Gasteiger partial charge in [-0.15, -0.1) is 10.2 Å². The minimum absolute atomic E-state index is 0.196. The van der Waals surface area contributed by atoms with Gasteiger partial charge in [-0.2, -0.15) is 0 Å². The average molecular weight is 277 g/mol. The summed E-state index contributed by atoms with van der Waals surface area (Å²) in [5, 5.41) is 7.09. The lowest BCUT2D eigenvalue weighted by atomic mass is 10.2. The standard InChI is InChI=1S/C12H11N3O3S/c1-7(16)10(8(2)17)19-12-15-14-11(18-12)9-3-5-13-6-4-9/h3-6,10H,1-2H3. The summed E-state index contributed by atoms with van der Waals surface area (Å²) in [5.41, 5.74) is 0.733. The Morgan fingerprint density at radius 3 is 2.37 bits per heavy atom. The highest BCUT2D eigenvalue weighted by atomic mass is 32.2. The largest absolute Gasteiger partial charge is 0.411 e. The minimum atomic E-state index is -0.800. The van der Waals surface area contributed by atoms with Crippen LogP contribution >= 0.6 is 11.8 Å². The molecule has 0 amide bonds. The van der Waals surface area contributed by atoms with Gasteiger partial charge in [0.2, 0.25) is 5.89 Å². The molecule has 7 heteroatoms. The molecule has 0 radical (unpaired) electrons. The summed E-state index contributed by atoms with van der Waals surface area (Å²) in [4.78, 5) is 26.5. The maximum Gasteiger partial charge on any atom is 0.278 e. The predicted octanol–water partition coefficient (Wildman–Crippen LogP) is 1.77. The predicted molar refractivity (Wildman–Crippen MR) is 68.5 cm³/mol. The van der Waals surface area contributed by atoms with Crippen LogP contribution < -0.4 is 0 Å². The Hall–Kier alpha value is -2.02. The zero-order valence-corrected chi connectivity index (χ0v) is 11.2. The summed E-state index contributed by atoms with van der Waals surface area (Å²) in [7, 11) is 0. The highest BCUT2D eigenvalue weighted by Gasteiger charge is 2.24. The number of nitrogens with zero attached hydrogens (tertiary/aromatic N) is 3. The molecule has 0 unspecified atom stereocenters. The van der Waals surface area contributed by atoms with Gasteiger partial charge in [-0.1, -0.05) is 0 Å². The van der Waals surface area contributed by atoms with Crippen molar-refractivity contribution in [1.29, 1.82) is 0 Å². The van der Waals surface area contributed by atoms with Gasteiger partial charge >= 0.3 is 0 Å². The molecule has 0 bridgehead atoms. The molecule has 6 nitrogen and oxygen atoms in total. The Bertz CT molecular complexity index is 583. The summed E-state index contributed by atoms with van der Waals surface area (Å²) in [6, 6.07) is 3.46. The van der Waals surface area contributed by atoms with E-state index < -0.39 is 5.25 Å². The topological polar surface area (TPSA) is 85.9 Å². The second-order valence-electron chi connectivity index (χ2n) is 3.83. The summed E-state index contributed by atoms with van der Waals surface area (Å²) in [6.07, 6.45) is 3.22. The molecule has 0 atom stereocenters. The molecule has 0 saturated heterocycles. The van der Waals surface area contributed by atoms with Gasteiger partial charge in [-0.25, -0.2) is 0 Å². The number of aromatic nitrogens is 3. The van der Waals surface area contributed by atoms with Gasteiger partial charge in [0.15, 0.2) is 11.6 Å². The SMILES string of the molecule is CC(=O)C(Sc1nnc(-c2ccncc2)o1)C(C)=O. The van der Waals surface area contributed by atoms with Gasteiger partial charge < -0.3 is 4.42 Å². The number of ketones is 2. The molecule has 0 N–H and O–H groups in total. The molecular weight excluding hydrogens is 266 g/mol. The van der Waals surface area contributed by atoms with Crippen LogP contribution in [0.4, 0.5) is 0 Å². The van der Waals surface area contributed by atoms with Gasteiger partial charge in [0, 0.05) is 18.0 Å². The lowest BCUT2D eigenvalue weighted by molar-refractivity contribution is -0.123. The van der Waals surface area contributed by atoms with Crippen molar-refractivity contribution in [2.75, 3.05) is 0 Å². The molecule has 2 aromatic rings. The van der Waals surface area contributed by atoms with Gasteiger partial charge in [-0.05, 0) is 37.7 Å². The van der Waals surface area contributed by atoms with Crippen LogP contribution in [0.1, 0.15) is 13.8 Å². The Labute approximate surface area is 113 Å². The molecule has 0 saturated carbocycles. The Balaban J connectivity index is 2.18. The third-order valence-corrected chi connectivity index (χ3v) is 3.56. The van der Waals surface area contributed by atoms with Crippen LogP contribution in [0.2, 0.25) is 0 Å². The Morgan fingerprint density at radius 2 is 1.79 bits per heavy atom. The number of pyridine rings is 1. The van der Waals surface area contributed by atoms with E-state index in [1.54, 1.807) is 24.5 Å². The van der Waals surface area contributed by atoms with Crippen LogP contribution in [0.3, 0.4) is 0 Å². The first-order valence-corrected chi connectivity index (χ1v) is 6.37. The van der Waals surface area contributed by atoms with Crippen LogP contribution in [-0.2, 0) is 9.59 Å². The molecule has 0 aromatic carbocycles. The van der Waals surface area contributed by atoms with E-state index in [1.165, 1.54) is 13.8 Å². The number of hydrogen-bond acceptors (Lipinski definition) is 7. The van der Waals surface area contributed by atoms with Gasteiger partial charge in [-0.3, -0.25) is 14.6 Å². The summed E-state index contributed by atoms with van der Waals surface area (Å²) < 4.78 is 5.41. The molecule has 98 valence electrons. The zero-order valence-electron chi connectivity index (χ0n) is 10.4. The maximum absolute atomic E-state index is 11.3. The van der Waals surface area contributed by atoms with Gasteiger partial charge in [0.05, 0.1) is 0 Å². The van der Waals surface area contributed by atoms with Crippen LogP contribution in [0.25, 0.3) is 11.5 Å². The molecule has 19 heavy (non-hydrogen) atoms. The van der Waals surface area contributed by atoms with E-state index in [0.717, 1.165) is 17.3 Å². The van der Waals surface area contributed by atoms with Crippen molar-refractivity contribution in [2.24, 2.45) is 0 Å². The fourth-order valence-corrected chi connectivity index (χ4v) is 2.17. The first kappa shape index (κ1) is 13.4. The number of carbonyl (C=O) groups excluding carboxylic acids is 2. The molecule has 0 aliphatic heterocycles. The van der Waals surface area contributed by atoms with Crippen LogP contribution in [0.15, 0.2) is 34.2 Å². The molecule has 0 fully saturated rings. The van der Waals surface area contributed by atoms with Gasteiger partial charge in [0.1, 0.15) is 5.25 Å². The van der Waals surface area contributed by atoms with Crippen LogP contribution in [0, 0.1) is 0 Å². The molecule has 2 heterocycles. The smallest absolute Gasteiger partial charge is 0.278 e. The Morgan fingerprint density at radius 1 is 1.16 bits per heavy atom. The lowest BCUT2D eigenvalue weighted by Crippen LogP contribution is -2.22. The van der Waals surface area contributed by atoms with Crippen LogP contribution in [-0.4, -0.2) is 32.0 Å². The van der Waals surface area contributed by atoms with Crippen molar-refractivity contribution >= 4 is 23.3 Å². The fraction of sp³-hybridized carbons (Fsp3) is 0.250. The van der Waals surface area contributed by atoms with Gasteiger partial charge in [0.25, 0.3) is 5.22 Å². The van der Waals surface area contributed by atoms with Crippen molar-refractivity contribution in [3.63, 3.8) is 0 Å². The summed E-state index contributed by atoms with van der Waals surface area (Å²) in [5.74, 6) is -0.141. The fourth-order valence-electron chi connectivity index (χ4n) is 1.42. The third-order valence-electron chi connectivity index (χ3n) is 2.29. The van der Waals surface area contributed by atoms with E-state index >= 15 is 0 Å². The lowest BCUT2D eigenvalue weighted by Gasteiger charge is -2.05. The minimum Gasteiger partial charge on any atom is -0.411 e. The molecule has 2 aromatic heterocycles. The van der Waals surface area contributed by atoms with E-state index in [1.807, 2.05) is 0 Å². The quantitative estimate of drug-likeness (QED) is 0.608. The third kappa shape index (κ3) is 3.25. The maximum atomic E-state index is 11.3. The average Bonchev–Trinajstić information content (AvgIpc) is 2.85. The number of rotatable bonds is 5. The van der Waals surface area contributed by atoms with Crippen molar-refractivity contribution in [3.05, 3.63) is 24.5 Å². The molecular formula is C12H11N3O3S. The van der Waals surface area contributed by atoms with E-state index in [9.17, 15) is 9.59 Å². The highest BCUT2D eigenvalue weighted by Crippen LogP contribution is 2.26. The van der Waals surface area contributed by atoms with E-state index in [0.29, 0.717) is 5.89 Å². The van der Waals surface area contributed by atoms with Crippen molar-refractivity contribution < 1.29 is 14.0 Å². The number of hydrogen-bond donors (Lipinski definition) is 0. The molecule has 0 spiro atoms. The number of Topliss-reactive ketones (excluding diaryl/α,β-unsaturated/α-hetero) is 2. The summed E-state index contributed by atoms with van der Waals surface area (Å²) >= 11 is 0.965. The second-order valence-corrected chi connectivity index (χ2v) is 4.88. The number of thioether (sulfide) groups is 1.